The summed E-state index contributed by atoms with van der Waals surface area (Å²) in [6, 6.07) is 11.5. The molecule has 2 aromatic carbocycles. The van der Waals surface area contributed by atoms with Crippen LogP contribution in [0.25, 0.3) is 11.2 Å². The molecule has 0 aliphatic heterocycles. The number of aliphatic hydroxyl groups excluding tert-OH is 1. The van der Waals surface area contributed by atoms with Crippen molar-refractivity contribution in [3.05, 3.63) is 78.4 Å². The summed E-state index contributed by atoms with van der Waals surface area (Å²) in [7, 11) is 1.46. The number of aryl methyl sites for hydroxylation is 1. The van der Waals surface area contributed by atoms with Gasteiger partial charge in [0.2, 0.25) is 5.95 Å². The summed E-state index contributed by atoms with van der Waals surface area (Å²) < 4.78 is 8.92. The van der Waals surface area contributed by atoms with Gasteiger partial charge >= 0.3 is 5.69 Å². The second-order valence-corrected chi connectivity index (χ2v) is 8.88. The number of anilines is 1. The number of benzene rings is 2. The number of nitrogens with one attached hydrogen (secondary N) is 2. The Morgan fingerprint density at radius 2 is 2.03 bits per heavy atom. The van der Waals surface area contributed by atoms with Crippen molar-refractivity contribution in [2.45, 2.75) is 12.6 Å². The van der Waals surface area contributed by atoms with Crippen molar-refractivity contribution >= 4 is 50.9 Å². The van der Waals surface area contributed by atoms with Gasteiger partial charge < -0.3 is 19.5 Å². The van der Waals surface area contributed by atoms with Crippen LogP contribution in [-0.4, -0.2) is 48.2 Å². The molecule has 0 aliphatic rings. The predicted molar refractivity (Wildman–Crippen MR) is 136 cm³/mol. The fourth-order valence-electron chi connectivity index (χ4n) is 3.27. The minimum absolute atomic E-state index is 0.0147. The predicted octanol–water partition coefficient (Wildman–Crippen LogP) is 2.43. The number of phenols is 1. The van der Waals surface area contributed by atoms with E-state index in [0.717, 1.165) is 4.47 Å². The quantitative estimate of drug-likeness (QED) is 0.190. The highest BCUT2D eigenvalue weighted by Gasteiger charge is 2.20. The van der Waals surface area contributed by atoms with E-state index in [4.69, 9.17) is 16.3 Å². The first-order valence-corrected chi connectivity index (χ1v) is 11.4. The monoisotopic (exact) mass is 562 g/mol. The summed E-state index contributed by atoms with van der Waals surface area (Å²) in [4.78, 5) is 31.2. The maximum Gasteiger partial charge on any atom is 0.329 e. The van der Waals surface area contributed by atoms with Crippen molar-refractivity contribution in [2.24, 2.45) is 12.1 Å². The summed E-state index contributed by atoms with van der Waals surface area (Å²) in [5, 5.41) is 25.3. The molecule has 0 fully saturated rings. The molecule has 1 unspecified atom stereocenters. The van der Waals surface area contributed by atoms with E-state index >= 15 is 0 Å². The van der Waals surface area contributed by atoms with Gasteiger partial charge in [0, 0.05) is 22.1 Å². The van der Waals surface area contributed by atoms with Crippen LogP contribution < -0.4 is 21.4 Å². The molecule has 182 valence electrons. The lowest BCUT2D eigenvalue weighted by Gasteiger charge is -2.15. The third-order valence-corrected chi connectivity index (χ3v) is 5.76. The van der Waals surface area contributed by atoms with E-state index in [1.54, 1.807) is 36.4 Å². The normalized spacial score (nSPS) is 12.3. The van der Waals surface area contributed by atoms with Crippen molar-refractivity contribution in [3.63, 3.8) is 0 Å². The van der Waals surface area contributed by atoms with Crippen molar-refractivity contribution < 1.29 is 14.9 Å². The molecule has 1 atom stereocenters. The molecule has 35 heavy (non-hydrogen) atoms. The molecule has 11 nitrogen and oxygen atoms in total. The van der Waals surface area contributed by atoms with Crippen molar-refractivity contribution in [1.29, 1.82) is 0 Å². The number of aromatic amines is 1. The number of ether oxygens (including phenoxy) is 1. The highest BCUT2D eigenvalue weighted by molar-refractivity contribution is 9.10. The highest BCUT2D eigenvalue weighted by Crippen LogP contribution is 2.21. The van der Waals surface area contributed by atoms with Crippen LogP contribution in [0.1, 0.15) is 5.56 Å². The Morgan fingerprint density at radius 3 is 2.77 bits per heavy atom. The second kappa shape index (κ2) is 10.3. The molecule has 4 aromatic rings. The summed E-state index contributed by atoms with van der Waals surface area (Å²) in [5.41, 5.74) is 2.02. The number of imidazole rings is 1. The van der Waals surface area contributed by atoms with Crippen LogP contribution >= 0.6 is 27.5 Å². The van der Waals surface area contributed by atoms with Gasteiger partial charge in [0.1, 0.15) is 24.2 Å². The summed E-state index contributed by atoms with van der Waals surface area (Å²) in [6.45, 7) is -0.176. The molecule has 0 radical (unpaired) electrons. The maximum absolute atomic E-state index is 12.6. The van der Waals surface area contributed by atoms with Crippen molar-refractivity contribution in [3.8, 4) is 11.5 Å². The first-order chi connectivity index (χ1) is 16.7. The van der Waals surface area contributed by atoms with Crippen LogP contribution in [0, 0.1) is 0 Å². The number of aromatic hydroxyl groups is 1. The zero-order valence-corrected chi connectivity index (χ0v) is 20.6. The second-order valence-electron chi connectivity index (χ2n) is 7.53. The van der Waals surface area contributed by atoms with Gasteiger partial charge in [-0.15, -0.1) is 0 Å². The topological polar surface area (TPSA) is 147 Å². The van der Waals surface area contributed by atoms with E-state index in [0.29, 0.717) is 16.3 Å². The van der Waals surface area contributed by atoms with E-state index in [-0.39, 0.29) is 36.0 Å². The lowest BCUT2D eigenvalue weighted by atomic mass is 10.2. The smallest absolute Gasteiger partial charge is 0.329 e. The fraction of sp³-hybridized carbons (Fsp3) is 0.182. The Hall–Kier alpha value is -3.61. The Kier molecular flexibility index (Phi) is 7.24. The molecule has 0 amide bonds. The molecular formula is C22H20BrClN6O5. The van der Waals surface area contributed by atoms with Crippen LogP contribution in [0.2, 0.25) is 5.02 Å². The number of hydrogen-bond acceptors (Lipinski definition) is 8. The number of nitrogens with zero attached hydrogens (tertiary/aromatic N) is 4. The molecule has 4 rings (SSSR count). The molecule has 0 bridgehead atoms. The largest absolute Gasteiger partial charge is 0.507 e. The minimum Gasteiger partial charge on any atom is -0.507 e. The highest BCUT2D eigenvalue weighted by atomic mass is 79.9. The van der Waals surface area contributed by atoms with Crippen molar-refractivity contribution in [2.75, 3.05) is 12.0 Å². The van der Waals surface area contributed by atoms with Gasteiger partial charge in [-0.1, -0.05) is 27.5 Å². The average molecular weight is 564 g/mol. The van der Waals surface area contributed by atoms with Gasteiger partial charge in [0.05, 0.1) is 12.8 Å². The Balaban J connectivity index is 1.63. The van der Waals surface area contributed by atoms with E-state index in [2.05, 4.69) is 36.4 Å². The van der Waals surface area contributed by atoms with Gasteiger partial charge in [-0.3, -0.25) is 14.3 Å². The molecule has 0 saturated heterocycles. The Labute approximate surface area is 211 Å². The van der Waals surface area contributed by atoms with Gasteiger partial charge in [0.25, 0.3) is 5.56 Å². The number of aliphatic hydroxyl groups is 1. The number of rotatable bonds is 8. The first-order valence-electron chi connectivity index (χ1n) is 10.3. The van der Waals surface area contributed by atoms with E-state index in [1.807, 2.05) is 0 Å². The number of H-pyrrole nitrogens is 1. The minimum atomic E-state index is -1.04. The van der Waals surface area contributed by atoms with Gasteiger partial charge in [0.15, 0.2) is 11.2 Å². The lowest BCUT2D eigenvalue weighted by molar-refractivity contribution is 0.0938. The van der Waals surface area contributed by atoms with Crippen LogP contribution in [0.5, 0.6) is 11.5 Å². The van der Waals surface area contributed by atoms with Crippen LogP contribution in [0.4, 0.5) is 5.95 Å². The summed E-state index contributed by atoms with van der Waals surface area (Å²) >= 11 is 9.20. The van der Waals surface area contributed by atoms with Gasteiger partial charge in [-0.25, -0.2) is 10.2 Å². The Morgan fingerprint density at radius 1 is 1.29 bits per heavy atom. The third kappa shape index (κ3) is 5.56. The number of hydrazone groups is 1. The molecule has 13 heteroatoms. The number of hydrogen-bond donors (Lipinski definition) is 4. The Bertz CT molecular complexity index is 1510. The zero-order valence-electron chi connectivity index (χ0n) is 18.3. The number of fused-ring (bicyclic) bond motifs is 1. The molecular weight excluding hydrogens is 544 g/mol. The molecule has 0 spiro atoms. The van der Waals surface area contributed by atoms with Gasteiger partial charge in [-0.05, 0) is 42.5 Å². The zero-order chi connectivity index (χ0) is 25.1. The third-order valence-electron chi connectivity index (χ3n) is 5.01. The molecule has 0 aliphatic carbocycles. The van der Waals surface area contributed by atoms with Crippen LogP contribution in [0.15, 0.2) is 61.6 Å². The van der Waals surface area contributed by atoms with Crippen LogP contribution in [-0.2, 0) is 13.6 Å². The van der Waals surface area contributed by atoms with E-state index in [9.17, 15) is 19.8 Å². The molecule has 4 N–H and O–H groups in total. The molecule has 0 saturated carbocycles. The van der Waals surface area contributed by atoms with E-state index < -0.39 is 17.4 Å². The maximum atomic E-state index is 12.6. The average Bonchev–Trinajstić information content (AvgIpc) is 3.18. The SMILES string of the molecule is Cn1c(=O)[nH]c(=O)c2c1nc(N/N=C/c1cc(Br)ccc1O)n2CC(O)COc1ccc(Cl)cc1. The van der Waals surface area contributed by atoms with Crippen LogP contribution in [0.3, 0.4) is 0 Å². The summed E-state index contributed by atoms with van der Waals surface area (Å²) in [6.07, 6.45) is 0.325. The standard InChI is InChI=1S/C22H20BrClN6O5/c1-29-19-18(20(33)27-22(29)34)30(10-15(31)11-35-16-5-3-14(24)4-6-16)21(26-19)28-25-9-12-8-13(23)2-7-17(12)32/h2-9,15,31-32H,10-11H2,1H3,(H,26,28)(H,27,33,34)/b25-9+. The fourth-order valence-corrected chi connectivity index (χ4v) is 3.78. The number of aromatic nitrogens is 4. The number of phenolic OH excluding ortho intramolecular Hbond substituents is 1. The lowest BCUT2D eigenvalue weighted by Crippen LogP contribution is -2.30. The molecule has 2 aromatic heterocycles. The first kappa shape index (κ1) is 24.5. The molecule has 2 heterocycles. The summed E-state index contributed by atoms with van der Waals surface area (Å²) in [5.74, 6) is 0.629. The van der Waals surface area contributed by atoms with Gasteiger partial charge in [-0.2, -0.15) is 10.1 Å². The van der Waals surface area contributed by atoms with Crippen molar-refractivity contribution in [1.82, 2.24) is 19.1 Å². The van der Waals surface area contributed by atoms with E-state index in [1.165, 1.54) is 28.5 Å². The number of halogens is 2.